The molecule has 112 valence electrons. The van der Waals surface area contributed by atoms with Crippen molar-refractivity contribution in [3.05, 3.63) is 45.6 Å². The first-order valence-electron chi connectivity index (χ1n) is 6.70. The summed E-state index contributed by atoms with van der Waals surface area (Å²) in [6.45, 7) is 4.61. The first kappa shape index (κ1) is 14.8. The lowest BCUT2D eigenvalue weighted by atomic mass is 10.2. The molecule has 1 fully saturated rings. The minimum absolute atomic E-state index is 0.196. The number of rotatable bonds is 3. The molecule has 0 spiro atoms. The molecule has 0 aliphatic carbocycles. The van der Waals surface area contributed by atoms with E-state index in [4.69, 9.17) is 32.4 Å². The summed E-state index contributed by atoms with van der Waals surface area (Å²) in [6.07, 6.45) is -0.196. The van der Waals surface area contributed by atoms with Crippen molar-refractivity contribution in [1.82, 2.24) is 15.1 Å². The van der Waals surface area contributed by atoms with E-state index in [9.17, 15) is 0 Å². The zero-order chi connectivity index (χ0) is 14.8. The molecule has 2 heterocycles. The zero-order valence-corrected chi connectivity index (χ0v) is 13.1. The number of halogens is 2. The van der Waals surface area contributed by atoms with Crippen LogP contribution in [-0.2, 0) is 11.3 Å². The van der Waals surface area contributed by atoms with E-state index < -0.39 is 0 Å². The largest absolute Gasteiger partial charge is 0.423 e. The smallest absolute Gasteiger partial charge is 0.246 e. The minimum atomic E-state index is -0.196. The van der Waals surface area contributed by atoms with Crippen molar-refractivity contribution in [2.45, 2.75) is 19.6 Å². The van der Waals surface area contributed by atoms with Crippen molar-refractivity contribution in [3.63, 3.8) is 0 Å². The highest BCUT2D eigenvalue weighted by Gasteiger charge is 2.26. The molecule has 0 radical (unpaired) electrons. The van der Waals surface area contributed by atoms with Gasteiger partial charge in [-0.1, -0.05) is 35.3 Å². The van der Waals surface area contributed by atoms with Crippen LogP contribution < -0.4 is 0 Å². The number of aromatic nitrogens is 2. The second-order valence-electron chi connectivity index (χ2n) is 4.97. The third-order valence-electron chi connectivity index (χ3n) is 3.39. The van der Waals surface area contributed by atoms with E-state index in [1.54, 1.807) is 13.0 Å². The molecule has 2 aromatic rings. The topological polar surface area (TPSA) is 51.4 Å². The van der Waals surface area contributed by atoms with Crippen LogP contribution in [0.15, 0.2) is 22.6 Å². The van der Waals surface area contributed by atoms with Crippen LogP contribution >= 0.6 is 23.2 Å². The molecule has 1 saturated heterocycles. The number of hydrogen-bond donors (Lipinski definition) is 0. The van der Waals surface area contributed by atoms with E-state index in [1.807, 2.05) is 12.1 Å². The quantitative estimate of drug-likeness (QED) is 0.866. The Labute approximate surface area is 132 Å². The van der Waals surface area contributed by atoms with Gasteiger partial charge in [0, 0.05) is 26.6 Å². The molecule has 1 aliphatic heterocycles. The fourth-order valence-corrected chi connectivity index (χ4v) is 2.73. The maximum Gasteiger partial charge on any atom is 0.246 e. The molecule has 1 unspecified atom stereocenters. The summed E-state index contributed by atoms with van der Waals surface area (Å²) < 4.78 is 11.1. The van der Waals surface area contributed by atoms with Gasteiger partial charge in [0.2, 0.25) is 11.8 Å². The first-order valence-corrected chi connectivity index (χ1v) is 7.46. The Morgan fingerprint density at radius 3 is 2.95 bits per heavy atom. The summed E-state index contributed by atoms with van der Waals surface area (Å²) >= 11 is 12.3. The van der Waals surface area contributed by atoms with E-state index in [1.165, 1.54) is 0 Å². The molecule has 0 saturated carbocycles. The maximum atomic E-state index is 6.24. The number of benzene rings is 1. The second-order valence-corrected chi connectivity index (χ2v) is 5.75. The average molecular weight is 328 g/mol. The highest BCUT2D eigenvalue weighted by molar-refractivity contribution is 6.42. The van der Waals surface area contributed by atoms with Crippen molar-refractivity contribution < 1.29 is 9.15 Å². The van der Waals surface area contributed by atoms with E-state index >= 15 is 0 Å². The van der Waals surface area contributed by atoms with Gasteiger partial charge in [0.15, 0.2) is 0 Å². The molecule has 21 heavy (non-hydrogen) atoms. The first-order chi connectivity index (χ1) is 10.1. The Morgan fingerprint density at radius 2 is 2.19 bits per heavy atom. The molecule has 1 atom stereocenters. The number of ether oxygens (including phenoxy) is 1. The fourth-order valence-electron chi connectivity index (χ4n) is 2.35. The molecule has 0 N–H and O–H groups in total. The summed E-state index contributed by atoms with van der Waals surface area (Å²) in [5.74, 6) is 1.07. The molecular formula is C14H15Cl2N3O2. The fraction of sp³-hybridized carbons (Fsp3) is 0.429. The SMILES string of the molecule is Cc1nnc(C2CN(Cc3cccc(Cl)c3Cl)CCO2)o1. The standard InChI is InChI=1S/C14H15Cl2N3O2/c1-9-17-18-14(21-9)12-8-19(5-6-20-12)7-10-3-2-4-11(15)13(10)16/h2-4,12H,5-8H2,1H3. The number of nitrogens with zero attached hydrogens (tertiary/aromatic N) is 3. The Morgan fingerprint density at radius 1 is 1.33 bits per heavy atom. The van der Waals surface area contributed by atoms with Gasteiger partial charge in [-0.3, -0.25) is 4.90 Å². The second kappa shape index (κ2) is 6.32. The van der Waals surface area contributed by atoms with E-state index in [0.29, 0.717) is 41.5 Å². The van der Waals surface area contributed by atoms with Crippen LogP contribution in [0.4, 0.5) is 0 Å². The van der Waals surface area contributed by atoms with Crippen LogP contribution in [0.25, 0.3) is 0 Å². The van der Waals surface area contributed by atoms with Crippen LogP contribution in [0.3, 0.4) is 0 Å². The predicted molar refractivity (Wildman–Crippen MR) is 79.5 cm³/mol. The number of morpholine rings is 1. The van der Waals surface area contributed by atoms with Gasteiger partial charge in [0.05, 0.1) is 16.7 Å². The monoisotopic (exact) mass is 327 g/mol. The summed E-state index contributed by atoms with van der Waals surface area (Å²) in [4.78, 5) is 2.24. The van der Waals surface area contributed by atoms with E-state index in [0.717, 1.165) is 12.1 Å². The summed E-state index contributed by atoms with van der Waals surface area (Å²) in [5, 5.41) is 9.05. The van der Waals surface area contributed by atoms with E-state index in [-0.39, 0.29) is 6.10 Å². The van der Waals surface area contributed by atoms with Gasteiger partial charge >= 0.3 is 0 Å². The average Bonchev–Trinajstić information content (AvgIpc) is 2.91. The lowest BCUT2D eigenvalue weighted by Crippen LogP contribution is -2.38. The van der Waals surface area contributed by atoms with Crippen LogP contribution in [0.5, 0.6) is 0 Å². The highest BCUT2D eigenvalue weighted by atomic mass is 35.5. The highest BCUT2D eigenvalue weighted by Crippen LogP contribution is 2.28. The summed E-state index contributed by atoms with van der Waals surface area (Å²) in [7, 11) is 0. The van der Waals surface area contributed by atoms with Gasteiger partial charge in [-0.2, -0.15) is 0 Å². The van der Waals surface area contributed by atoms with Gasteiger partial charge in [0.25, 0.3) is 0 Å². The van der Waals surface area contributed by atoms with Crippen molar-refractivity contribution in [3.8, 4) is 0 Å². The normalized spacial score (nSPS) is 19.9. The zero-order valence-electron chi connectivity index (χ0n) is 11.6. The van der Waals surface area contributed by atoms with Crippen LogP contribution in [0.1, 0.15) is 23.4 Å². The Kier molecular flexibility index (Phi) is 4.45. The molecule has 1 aliphatic rings. The van der Waals surface area contributed by atoms with Crippen molar-refractivity contribution in [2.24, 2.45) is 0 Å². The van der Waals surface area contributed by atoms with Crippen LogP contribution in [-0.4, -0.2) is 34.8 Å². The lowest BCUT2D eigenvalue weighted by Gasteiger charge is -2.31. The van der Waals surface area contributed by atoms with Crippen molar-refractivity contribution in [2.75, 3.05) is 19.7 Å². The Bertz CT molecular complexity index is 632. The van der Waals surface area contributed by atoms with Gasteiger partial charge in [-0.25, -0.2) is 0 Å². The minimum Gasteiger partial charge on any atom is -0.423 e. The molecule has 0 amide bonds. The number of aryl methyl sites for hydroxylation is 1. The molecule has 1 aromatic heterocycles. The van der Waals surface area contributed by atoms with Gasteiger partial charge in [0.1, 0.15) is 6.10 Å². The third kappa shape index (κ3) is 3.37. The lowest BCUT2D eigenvalue weighted by molar-refractivity contribution is -0.0457. The van der Waals surface area contributed by atoms with E-state index in [2.05, 4.69) is 15.1 Å². The molecule has 7 heteroatoms. The molecular weight excluding hydrogens is 313 g/mol. The van der Waals surface area contributed by atoms with Gasteiger partial charge < -0.3 is 9.15 Å². The number of hydrogen-bond acceptors (Lipinski definition) is 5. The van der Waals surface area contributed by atoms with Crippen molar-refractivity contribution in [1.29, 1.82) is 0 Å². The Hall–Kier alpha value is -1.14. The third-order valence-corrected chi connectivity index (χ3v) is 4.25. The predicted octanol–water partition coefficient (Wildman–Crippen LogP) is 3.26. The molecule has 3 rings (SSSR count). The Balaban J connectivity index is 1.70. The summed E-state index contributed by atoms with van der Waals surface area (Å²) in [6, 6.07) is 5.68. The molecule has 5 nitrogen and oxygen atoms in total. The maximum absolute atomic E-state index is 6.24. The van der Waals surface area contributed by atoms with Crippen LogP contribution in [0.2, 0.25) is 10.0 Å². The van der Waals surface area contributed by atoms with Crippen LogP contribution in [0, 0.1) is 6.92 Å². The molecule has 1 aromatic carbocycles. The van der Waals surface area contributed by atoms with Crippen molar-refractivity contribution >= 4 is 23.2 Å². The van der Waals surface area contributed by atoms with Gasteiger partial charge in [-0.15, -0.1) is 10.2 Å². The summed E-state index contributed by atoms with van der Waals surface area (Å²) in [5.41, 5.74) is 1.01. The molecule has 0 bridgehead atoms. The van der Waals surface area contributed by atoms with Gasteiger partial charge in [-0.05, 0) is 11.6 Å².